The number of amides is 1. The minimum absolute atomic E-state index is 0.170. The van der Waals surface area contributed by atoms with Crippen molar-refractivity contribution in [2.24, 2.45) is 0 Å². The van der Waals surface area contributed by atoms with E-state index in [0.29, 0.717) is 5.69 Å². The van der Waals surface area contributed by atoms with Crippen LogP contribution in [0.2, 0.25) is 0 Å². The summed E-state index contributed by atoms with van der Waals surface area (Å²) in [7, 11) is -0.590. The number of carbonyl (C=O) groups is 1. The van der Waals surface area contributed by atoms with Gasteiger partial charge in [-0.3, -0.25) is 4.79 Å². The number of hydrogen-bond donors (Lipinski definition) is 1. The van der Waals surface area contributed by atoms with Gasteiger partial charge in [0.2, 0.25) is 15.9 Å². The molecule has 0 bridgehead atoms. The molecule has 0 fully saturated rings. The molecule has 0 saturated carbocycles. The second-order valence-electron chi connectivity index (χ2n) is 3.91. The van der Waals surface area contributed by atoms with Crippen LogP contribution in [0.5, 0.6) is 0 Å². The van der Waals surface area contributed by atoms with Gasteiger partial charge in [0.25, 0.3) is 0 Å². The summed E-state index contributed by atoms with van der Waals surface area (Å²) in [5, 5.41) is 2.43. The fourth-order valence-corrected chi connectivity index (χ4v) is 2.00. The van der Waals surface area contributed by atoms with Gasteiger partial charge in [-0.15, -0.1) is 0 Å². The van der Waals surface area contributed by atoms with Crippen LogP contribution in [0.15, 0.2) is 24.3 Å². The van der Waals surface area contributed by atoms with Crippen molar-refractivity contribution in [3.05, 3.63) is 30.1 Å². The molecule has 1 aromatic carbocycles. The summed E-state index contributed by atoms with van der Waals surface area (Å²) in [5.41, 5.74) is 0.308. The van der Waals surface area contributed by atoms with Gasteiger partial charge in [-0.2, -0.15) is 0 Å². The van der Waals surface area contributed by atoms with Crippen LogP contribution in [0.3, 0.4) is 0 Å². The van der Waals surface area contributed by atoms with Crippen LogP contribution in [0, 0.1) is 5.82 Å². The molecule has 100 valence electrons. The van der Waals surface area contributed by atoms with Gasteiger partial charge in [-0.25, -0.2) is 17.1 Å². The highest BCUT2D eigenvalue weighted by Gasteiger charge is 2.15. The van der Waals surface area contributed by atoms with E-state index < -0.39 is 21.7 Å². The Labute approximate surface area is 106 Å². The Morgan fingerprint density at radius 2 is 2.06 bits per heavy atom. The number of anilines is 1. The average Bonchev–Trinajstić information content (AvgIpc) is 2.26. The third kappa shape index (κ3) is 4.42. The molecule has 1 N–H and O–H groups in total. The van der Waals surface area contributed by atoms with Gasteiger partial charge < -0.3 is 5.32 Å². The van der Waals surface area contributed by atoms with Crippen LogP contribution in [-0.2, 0) is 14.8 Å². The molecule has 0 atom stereocenters. The van der Waals surface area contributed by atoms with Crippen molar-refractivity contribution in [2.75, 3.05) is 25.2 Å². The average molecular weight is 274 g/mol. The lowest BCUT2D eigenvalue weighted by Crippen LogP contribution is -2.27. The lowest BCUT2D eigenvalue weighted by Gasteiger charge is -2.11. The molecule has 1 aromatic rings. The first-order valence-corrected chi connectivity index (χ1v) is 6.88. The number of hydrogen-bond acceptors (Lipinski definition) is 3. The van der Waals surface area contributed by atoms with E-state index in [1.165, 1.54) is 38.4 Å². The first-order chi connectivity index (χ1) is 8.31. The maximum atomic E-state index is 12.8. The highest BCUT2D eigenvalue weighted by atomic mass is 32.2. The zero-order chi connectivity index (χ0) is 13.8. The van der Waals surface area contributed by atoms with Crippen LogP contribution in [0.25, 0.3) is 0 Å². The van der Waals surface area contributed by atoms with Crippen LogP contribution in [0.4, 0.5) is 10.1 Å². The third-order valence-corrected chi connectivity index (χ3v) is 4.08. The van der Waals surface area contributed by atoms with Gasteiger partial charge in [0.15, 0.2) is 0 Å². The fourth-order valence-electron chi connectivity index (χ4n) is 1.19. The van der Waals surface area contributed by atoms with Gasteiger partial charge in [-0.1, -0.05) is 6.07 Å². The first kappa shape index (κ1) is 14.6. The summed E-state index contributed by atoms with van der Waals surface area (Å²) in [4.78, 5) is 11.5. The molecule has 0 spiro atoms. The third-order valence-electron chi connectivity index (χ3n) is 2.25. The van der Waals surface area contributed by atoms with Crippen molar-refractivity contribution in [2.45, 2.75) is 6.42 Å². The molecular formula is C11H15FN2O3S. The lowest BCUT2D eigenvalue weighted by atomic mass is 10.3. The summed E-state index contributed by atoms with van der Waals surface area (Å²) < 4.78 is 36.8. The lowest BCUT2D eigenvalue weighted by molar-refractivity contribution is -0.115. The highest BCUT2D eigenvalue weighted by molar-refractivity contribution is 7.89. The van der Waals surface area contributed by atoms with Crippen LogP contribution in [0.1, 0.15) is 6.42 Å². The quantitative estimate of drug-likeness (QED) is 0.872. The maximum absolute atomic E-state index is 12.8. The van der Waals surface area contributed by atoms with Gasteiger partial charge in [0.05, 0.1) is 5.75 Å². The van der Waals surface area contributed by atoms with Crippen molar-refractivity contribution in [1.82, 2.24) is 4.31 Å². The van der Waals surface area contributed by atoms with Crippen LogP contribution in [-0.4, -0.2) is 38.5 Å². The van der Waals surface area contributed by atoms with Crippen molar-refractivity contribution in [1.29, 1.82) is 0 Å². The molecule has 0 saturated heterocycles. The zero-order valence-corrected chi connectivity index (χ0v) is 11.0. The molecular weight excluding hydrogens is 259 g/mol. The number of nitrogens with zero attached hydrogens (tertiary/aromatic N) is 1. The number of benzene rings is 1. The van der Waals surface area contributed by atoms with E-state index in [0.717, 1.165) is 4.31 Å². The number of nitrogens with one attached hydrogen (secondary N) is 1. The summed E-state index contributed by atoms with van der Waals surface area (Å²) in [6, 6.07) is 5.41. The first-order valence-electron chi connectivity index (χ1n) is 5.27. The fraction of sp³-hybridized carbons (Fsp3) is 0.364. The predicted octanol–water partition coefficient (Wildman–Crippen LogP) is 1.05. The van der Waals surface area contributed by atoms with E-state index in [-0.39, 0.29) is 12.2 Å². The number of rotatable bonds is 5. The molecule has 0 heterocycles. The van der Waals surface area contributed by atoms with Crippen LogP contribution >= 0.6 is 0 Å². The normalized spacial score (nSPS) is 11.6. The summed E-state index contributed by atoms with van der Waals surface area (Å²) in [5.74, 6) is -1.21. The monoisotopic (exact) mass is 274 g/mol. The van der Waals surface area contributed by atoms with Gasteiger partial charge in [0, 0.05) is 26.2 Å². The Bertz CT molecular complexity index is 529. The summed E-state index contributed by atoms with van der Waals surface area (Å²) in [6.45, 7) is 0. The topological polar surface area (TPSA) is 66.5 Å². The van der Waals surface area contributed by atoms with E-state index >= 15 is 0 Å². The van der Waals surface area contributed by atoms with E-state index in [2.05, 4.69) is 5.32 Å². The molecule has 0 unspecified atom stereocenters. The molecule has 7 heteroatoms. The van der Waals surface area contributed by atoms with Gasteiger partial charge >= 0.3 is 0 Å². The van der Waals surface area contributed by atoms with Crippen LogP contribution < -0.4 is 5.32 Å². The second kappa shape index (κ2) is 5.92. The Morgan fingerprint density at radius 1 is 1.39 bits per heavy atom. The van der Waals surface area contributed by atoms with E-state index in [1.54, 1.807) is 0 Å². The Kier molecular flexibility index (Phi) is 4.80. The predicted molar refractivity (Wildman–Crippen MR) is 67.1 cm³/mol. The minimum atomic E-state index is -3.40. The smallest absolute Gasteiger partial charge is 0.225 e. The van der Waals surface area contributed by atoms with Crippen molar-refractivity contribution >= 4 is 21.6 Å². The highest BCUT2D eigenvalue weighted by Crippen LogP contribution is 2.09. The van der Waals surface area contributed by atoms with Gasteiger partial charge in [0.1, 0.15) is 5.82 Å². The molecule has 0 aliphatic carbocycles. The molecule has 0 aromatic heterocycles. The number of halogens is 1. The molecule has 5 nitrogen and oxygen atoms in total. The number of sulfonamides is 1. The van der Waals surface area contributed by atoms with E-state index in [9.17, 15) is 17.6 Å². The Hall–Kier alpha value is -1.47. The SMILES string of the molecule is CN(C)S(=O)(=O)CCC(=O)Nc1cccc(F)c1. The van der Waals surface area contributed by atoms with Crippen molar-refractivity contribution < 1.29 is 17.6 Å². The van der Waals surface area contributed by atoms with Crippen molar-refractivity contribution in [3.63, 3.8) is 0 Å². The van der Waals surface area contributed by atoms with E-state index in [1.807, 2.05) is 0 Å². The zero-order valence-electron chi connectivity index (χ0n) is 10.2. The van der Waals surface area contributed by atoms with Crippen molar-refractivity contribution in [3.8, 4) is 0 Å². The summed E-state index contributed by atoms with van der Waals surface area (Å²) in [6.07, 6.45) is -0.170. The molecule has 1 rings (SSSR count). The molecule has 0 aliphatic heterocycles. The molecule has 1 amide bonds. The molecule has 0 aliphatic rings. The Balaban J connectivity index is 2.53. The van der Waals surface area contributed by atoms with Gasteiger partial charge in [-0.05, 0) is 18.2 Å². The second-order valence-corrected chi connectivity index (χ2v) is 6.21. The largest absolute Gasteiger partial charge is 0.326 e. The molecule has 18 heavy (non-hydrogen) atoms. The standard InChI is InChI=1S/C11H15FN2O3S/c1-14(2)18(16,17)7-6-11(15)13-10-5-3-4-9(12)8-10/h3-5,8H,6-7H2,1-2H3,(H,13,15). The molecule has 0 radical (unpaired) electrons. The maximum Gasteiger partial charge on any atom is 0.225 e. The summed E-state index contributed by atoms with van der Waals surface area (Å²) >= 11 is 0. The minimum Gasteiger partial charge on any atom is -0.326 e. The Morgan fingerprint density at radius 3 is 2.61 bits per heavy atom. The van der Waals surface area contributed by atoms with E-state index in [4.69, 9.17) is 0 Å². The number of carbonyl (C=O) groups excluding carboxylic acids is 1.